The van der Waals surface area contributed by atoms with Crippen LogP contribution in [0.4, 0.5) is 0 Å². The molecule has 3 rings (SSSR count). The van der Waals surface area contributed by atoms with Gasteiger partial charge in [0, 0.05) is 30.5 Å². The standard InChI is InChI=1S/C23H28N4O3/c1-16-9-11-17(12-10-16)23-26-25-22(30-23)14-13-21(28)24-15-19(27(2)3)18-7-5-6-8-20(18)29-4/h5-12,19H,13-15H2,1-4H3,(H,24,28). The fraction of sp³-hybridized carbons (Fsp3) is 0.348. The van der Waals surface area contributed by atoms with Crippen molar-refractivity contribution in [3.63, 3.8) is 0 Å². The van der Waals surface area contributed by atoms with Crippen molar-refractivity contribution in [3.8, 4) is 17.2 Å². The molecule has 0 radical (unpaired) electrons. The summed E-state index contributed by atoms with van der Waals surface area (Å²) in [7, 11) is 5.61. The first kappa shape index (κ1) is 21.5. The highest BCUT2D eigenvalue weighted by atomic mass is 16.5. The molecule has 3 aromatic rings. The Bertz CT molecular complexity index is 967. The Hall–Kier alpha value is -3.19. The zero-order chi connectivity index (χ0) is 21.5. The molecule has 7 nitrogen and oxygen atoms in total. The number of hydrogen-bond acceptors (Lipinski definition) is 6. The molecule has 1 unspecified atom stereocenters. The summed E-state index contributed by atoms with van der Waals surface area (Å²) in [6.07, 6.45) is 0.674. The lowest BCUT2D eigenvalue weighted by molar-refractivity contribution is -0.121. The summed E-state index contributed by atoms with van der Waals surface area (Å²) in [4.78, 5) is 14.5. The van der Waals surface area contributed by atoms with E-state index in [9.17, 15) is 4.79 Å². The first-order chi connectivity index (χ1) is 14.5. The molecule has 0 bridgehead atoms. The van der Waals surface area contributed by atoms with Crippen LogP contribution in [0.15, 0.2) is 52.9 Å². The van der Waals surface area contributed by atoms with Crippen LogP contribution in [0.25, 0.3) is 11.5 Å². The minimum atomic E-state index is -0.0631. The van der Waals surface area contributed by atoms with Crippen molar-refractivity contribution in [3.05, 3.63) is 65.5 Å². The number of benzene rings is 2. The normalized spacial score (nSPS) is 12.0. The fourth-order valence-corrected chi connectivity index (χ4v) is 3.20. The van der Waals surface area contributed by atoms with Gasteiger partial charge in [0.1, 0.15) is 5.75 Å². The van der Waals surface area contributed by atoms with Crippen molar-refractivity contribution in [1.29, 1.82) is 0 Å². The van der Waals surface area contributed by atoms with Crippen LogP contribution >= 0.6 is 0 Å². The summed E-state index contributed by atoms with van der Waals surface area (Å²) in [6.45, 7) is 2.50. The Morgan fingerprint density at radius 3 is 2.57 bits per heavy atom. The molecule has 0 aliphatic heterocycles. The topological polar surface area (TPSA) is 80.5 Å². The van der Waals surface area contributed by atoms with Crippen LogP contribution in [-0.2, 0) is 11.2 Å². The number of aromatic nitrogens is 2. The quantitative estimate of drug-likeness (QED) is 0.584. The molecule has 1 aromatic heterocycles. The van der Waals surface area contributed by atoms with E-state index in [4.69, 9.17) is 9.15 Å². The third kappa shape index (κ3) is 5.45. The maximum atomic E-state index is 12.4. The van der Waals surface area contributed by atoms with Gasteiger partial charge in [-0.1, -0.05) is 35.9 Å². The predicted octanol–water partition coefficient (Wildman–Crippen LogP) is 3.41. The van der Waals surface area contributed by atoms with Crippen LogP contribution in [0.1, 0.15) is 29.5 Å². The Morgan fingerprint density at radius 1 is 1.13 bits per heavy atom. The zero-order valence-electron chi connectivity index (χ0n) is 17.9. The molecular formula is C23H28N4O3. The molecule has 0 fully saturated rings. The first-order valence-electron chi connectivity index (χ1n) is 9.93. The molecule has 1 amide bonds. The minimum Gasteiger partial charge on any atom is -0.496 e. The number of aryl methyl sites for hydroxylation is 2. The lowest BCUT2D eigenvalue weighted by Crippen LogP contribution is -2.34. The van der Waals surface area contributed by atoms with Crippen LogP contribution in [0.5, 0.6) is 5.75 Å². The van der Waals surface area contributed by atoms with Gasteiger partial charge in [0.25, 0.3) is 0 Å². The van der Waals surface area contributed by atoms with E-state index in [2.05, 4.69) is 20.4 Å². The number of para-hydroxylation sites is 1. The van der Waals surface area contributed by atoms with E-state index >= 15 is 0 Å². The second-order valence-corrected chi connectivity index (χ2v) is 7.39. The molecule has 30 heavy (non-hydrogen) atoms. The van der Waals surface area contributed by atoms with Crippen molar-refractivity contribution >= 4 is 5.91 Å². The highest BCUT2D eigenvalue weighted by molar-refractivity contribution is 5.76. The van der Waals surface area contributed by atoms with Crippen LogP contribution in [-0.4, -0.2) is 48.8 Å². The Labute approximate surface area is 177 Å². The van der Waals surface area contributed by atoms with E-state index in [1.807, 2.05) is 69.6 Å². The van der Waals surface area contributed by atoms with Crippen LogP contribution in [0.2, 0.25) is 0 Å². The number of methoxy groups -OCH3 is 1. The summed E-state index contributed by atoms with van der Waals surface area (Å²) in [5, 5.41) is 11.1. The summed E-state index contributed by atoms with van der Waals surface area (Å²) >= 11 is 0. The Morgan fingerprint density at radius 2 is 1.87 bits per heavy atom. The van der Waals surface area contributed by atoms with E-state index in [-0.39, 0.29) is 18.4 Å². The van der Waals surface area contributed by atoms with Gasteiger partial charge in [-0.3, -0.25) is 4.79 Å². The molecule has 1 heterocycles. The van der Waals surface area contributed by atoms with Crippen molar-refractivity contribution < 1.29 is 13.9 Å². The van der Waals surface area contributed by atoms with Gasteiger partial charge in [0.15, 0.2) is 0 Å². The molecule has 158 valence electrons. The predicted molar refractivity (Wildman–Crippen MR) is 115 cm³/mol. The number of hydrogen-bond donors (Lipinski definition) is 1. The highest BCUT2D eigenvalue weighted by Crippen LogP contribution is 2.27. The lowest BCUT2D eigenvalue weighted by Gasteiger charge is -2.26. The second-order valence-electron chi connectivity index (χ2n) is 7.39. The monoisotopic (exact) mass is 408 g/mol. The third-order valence-electron chi connectivity index (χ3n) is 4.95. The number of carbonyl (C=O) groups excluding carboxylic acids is 1. The molecule has 0 aliphatic rings. The van der Waals surface area contributed by atoms with Gasteiger partial charge < -0.3 is 19.4 Å². The van der Waals surface area contributed by atoms with Gasteiger partial charge in [-0.05, 0) is 39.2 Å². The summed E-state index contributed by atoms with van der Waals surface area (Å²) in [5.74, 6) is 1.66. The number of nitrogens with one attached hydrogen (secondary N) is 1. The number of likely N-dealkylation sites (N-methyl/N-ethyl adjacent to an activating group) is 1. The average molecular weight is 409 g/mol. The van der Waals surface area contributed by atoms with Crippen LogP contribution in [0, 0.1) is 6.92 Å². The van der Waals surface area contributed by atoms with Crippen LogP contribution < -0.4 is 10.1 Å². The van der Waals surface area contributed by atoms with Crippen LogP contribution in [0.3, 0.4) is 0 Å². The molecule has 7 heteroatoms. The fourth-order valence-electron chi connectivity index (χ4n) is 3.20. The summed E-state index contributed by atoms with van der Waals surface area (Å²) in [6, 6.07) is 15.7. The number of carbonyl (C=O) groups is 1. The number of nitrogens with zero attached hydrogens (tertiary/aromatic N) is 3. The number of ether oxygens (including phenoxy) is 1. The summed E-state index contributed by atoms with van der Waals surface area (Å²) in [5.41, 5.74) is 3.07. The maximum absolute atomic E-state index is 12.4. The Kier molecular flexibility index (Phi) is 7.19. The van der Waals surface area contributed by atoms with Crippen molar-refractivity contribution in [2.24, 2.45) is 0 Å². The molecule has 1 N–H and O–H groups in total. The van der Waals surface area contributed by atoms with Gasteiger partial charge in [-0.15, -0.1) is 10.2 Å². The zero-order valence-corrected chi connectivity index (χ0v) is 17.9. The molecule has 0 saturated carbocycles. The van der Waals surface area contributed by atoms with E-state index in [0.29, 0.717) is 24.7 Å². The van der Waals surface area contributed by atoms with E-state index in [1.54, 1.807) is 7.11 Å². The second kappa shape index (κ2) is 10.0. The molecule has 2 aromatic carbocycles. The SMILES string of the molecule is COc1ccccc1C(CNC(=O)CCc1nnc(-c2ccc(C)cc2)o1)N(C)C. The van der Waals surface area contributed by atoms with E-state index in [1.165, 1.54) is 5.56 Å². The highest BCUT2D eigenvalue weighted by Gasteiger charge is 2.19. The number of rotatable bonds is 9. The largest absolute Gasteiger partial charge is 0.496 e. The summed E-state index contributed by atoms with van der Waals surface area (Å²) < 4.78 is 11.2. The van der Waals surface area contributed by atoms with Gasteiger partial charge in [0.05, 0.1) is 13.2 Å². The van der Waals surface area contributed by atoms with Gasteiger partial charge in [-0.2, -0.15) is 0 Å². The van der Waals surface area contributed by atoms with Gasteiger partial charge in [0.2, 0.25) is 17.7 Å². The molecule has 1 atom stereocenters. The van der Waals surface area contributed by atoms with Crippen molar-refractivity contribution in [2.45, 2.75) is 25.8 Å². The molecule has 0 spiro atoms. The molecule has 0 saturated heterocycles. The Balaban J connectivity index is 1.54. The van der Waals surface area contributed by atoms with E-state index < -0.39 is 0 Å². The average Bonchev–Trinajstić information content (AvgIpc) is 3.22. The molecular weight excluding hydrogens is 380 g/mol. The lowest BCUT2D eigenvalue weighted by atomic mass is 10.0. The van der Waals surface area contributed by atoms with Gasteiger partial charge >= 0.3 is 0 Å². The smallest absolute Gasteiger partial charge is 0.247 e. The minimum absolute atomic E-state index is 0.00152. The van der Waals surface area contributed by atoms with Crippen molar-refractivity contribution in [2.75, 3.05) is 27.7 Å². The molecule has 0 aliphatic carbocycles. The van der Waals surface area contributed by atoms with E-state index in [0.717, 1.165) is 16.9 Å². The maximum Gasteiger partial charge on any atom is 0.247 e. The number of amides is 1. The third-order valence-corrected chi connectivity index (χ3v) is 4.95. The first-order valence-corrected chi connectivity index (χ1v) is 9.93. The van der Waals surface area contributed by atoms with Crippen molar-refractivity contribution in [1.82, 2.24) is 20.4 Å². The van der Waals surface area contributed by atoms with Gasteiger partial charge in [-0.25, -0.2) is 0 Å².